The molecule has 2 rings (SSSR count). The van der Waals surface area contributed by atoms with Crippen molar-refractivity contribution >= 4 is 23.0 Å². The Labute approximate surface area is 148 Å². The summed E-state index contributed by atoms with van der Waals surface area (Å²) in [7, 11) is 0. The largest absolute Gasteiger partial charge is 0.364 e. The van der Waals surface area contributed by atoms with Gasteiger partial charge in [0.1, 0.15) is 6.33 Å². The lowest BCUT2D eigenvalue weighted by Gasteiger charge is -2.11. The lowest BCUT2D eigenvalue weighted by molar-refractivity contribution is -0.383. The van der Waals surface area contributed by atoms with Crippen molar-refractivity contribution in [2.24, 2.45) is 5.92 Å². The van der Waals surface area contributed by atoms with Gasteiger partial charge < -0.3 is 10.6 Å². The van der Waals surface area contributed by atoms with E-state index >= 15 is 0 Å². The van der Waals surface area contributed by atoms with Gasteiger partial charge in [0.25, 0.3) is 0 Å². The van der Waals surface area contributed by atoms with Crippen molar-refractivity contribution in [3.05, 3.63) is 46.3 Å². The summed E-state index contributed by atoms with van der Waals surface area (Å²) in [4.78, 5) is 19.1. The van der Waals surface area contributed by atoms with Crippen LogP contribution in [-0.2, 0) is 0 Å². The van der Waals surface area contributed by atoms with Crippen LogP contribution in [-0.4, -0.2) is 21.4 Å². The van der Waals surface area contributed by atoms with Crippen LogP contribution in [0.3, 0.4) is 0 Å². The Kier molecular flexibility index (Phi) is 6.27. The fraction of sp³-hybridized carbons (Fsp3) is 0.444. The third-order valence-corrected chi connectivity index (χ3v) is 3.86. The van der Waals surface area contributed by atoms with E-state index in [0.29, 0.717) is 18.4 Å². The fourth-order valence-corrected chi connectivity index (χ4v) is 2.34. The topological polar surface area (TPSA) is 93.0 Å². The highest BCUT2D eigenvalue weighted by Gasteiger charge is 2.23. The number of nitrogens with one attached hydrogen (secondary N) is 2. The zero-order chi connectivity index (χ0) is 18.4. The maximum absolute atomic E-state index is 11.5. The molecule has 0 radical (unpaired) electrons. The number of anilines is 3. The summed E-state index contributed by atoms with van der Waals surface area (Å²) in [5.74, 6) is 1.36. The molecular formula is C18H25N5O2. The van der Waals surface area contributed by atoms with Crippen molar-refractivity contribution in [1.29, 1.82) is 0 Å². The Bertz CT molecular complexity index is 714. The van der Waals surface area contributed by atoms with Gasteiger partial charge in [0.15, 0.2) is 0 Å². The summed E-state index contributed by atoms with van der Waals surface area (Å²) in [5.41, 5.74) is 1.82. The SMILES string of the molecule is CC(C)CCNc1ncnc(Nc2ccc(C(C)C)cc2)c1[N+](=O)[O-]. The van der Waals surface area contributed by atoms with E-state index < -0.39 is 4.92 Å². The van der Waals surface area contributed by atoms with E-state index in [4.69, 9.17) is 0 Å². The first-order valence-corrected chi connectivity index (χ1v) is 8.48. The highest BCUT2D eigenvalue weighted by molar-refractivity contribution is 5.73. The molecule has 7 heteroatoms. The summed E-state index contributed by atoms with van der Waals surface area (Å²) < 4.78 is 0. The highest BCUT2D eigenvalue weighted by atomic mass is 16.6. The Morgan fingerprint density at radius 2 is 1.72 bits per heavy atom. The van der Waals surface area contributed by atoms with E-state index in [1.807, 2.05) is 24.3 Å². The van der Waals surface area contributed by atoms with Gasteiger partial charge in [-0.15, -0.1) is 0 Å². The predicted molar refractivity (Wildman–Crippen MR) is 100 cm³/mol. The second-order valence-corrected chi connectivity index (χ2v) is 6.69. The molecule has 2 N–H and O–H groups in total. The van der Waals surface area contributed by atoms with Crippen molar-refractivity contribution in [3.63, 3.8) is 0 Å². The van der Waals surface area contributed by atoms with E-state index in [1.54, 1.807) is 0 Å². The van der Waals surface area contributed by atoms with Crippen molar-refractivity contribution in [1.82, 2.24) is 9.97 Å². The third-order valence-electron chi connectivity index (χ3n) is 3.86. The second-order valence-electron chi connectivity index (χ2n) is 6.69. The van der Waals surface area contributed by atoms with Crippen LogP contribution in [0.15, 0.2) is 30.6 Å². The first-order valence-electron chi connectivity index (χ1n) is 8.48. The smallest absolute Gasteiger partial charge is 0.353 e. The van der Waals surface area contributed by atoms with Crippen LogP contribution in [0.5, 0.6) is 0 Å². The molecule has 0 amide bonds. The number of benzene rings is 1. The lowest BCUT2D eigenvalue weighted by Crippen LogP contribution is -2.10. The van der Waals surface area contributed by atoms with Crippen molar-refractivity contribution in [2.75, 3.05) is 17.2 Å². The molecule has 0 aliphatic heterocycles. The van der Waals surface area contributed by atoms with Crippen LogP contribution in [0.4, 0.5) is 23.0 Å². The minimum atomic E-state index is -0.456. The van der Waals surface area contributed by atoms with Gasteiger partial charge in [-0.2, -0.15) is 0 Å². The molecule has 0 fully saturated rings. The Morgan fingerprint density at radius 1 is 1.08 bits per heavy atom. The van der Waals surface area contributed by atoms with Gasteiger partial charge in [-0.3, -0.25) is 10.1 Å². The predicted octanol–water partition coefficient (Wildman–Crippen LogP) is 4.71. The van der Waals surface area contributed by atoms with Crippen LogP contribution in [0.2, 0.25) is 0 Å². The summed E-state index contributed by atoms with van der Waals surface area (Å²) in [6.45, 7) is 9.06. The quantitative estimate of drug-likeness (QED) is 0.532. The molecule has 7 nitrogen and oxygen atoms in total. The minimum absolute atomic E-state index is 0.140. The molecule has 2 aromatic rings. The standard InChI is InChI=1S/C18H25N5O2/c1-12(2)9-10-19-17-16(23(24)25)18(21-11-20-17)22-15-7-5-14(6-8-15)13(3)4/h5-8,11-13H,9-10H2,1-4H3,(H2,19,20,21,22). The van der Waals surface area contributed by atoms with Gasteiger partial charge in [-0.1, -0.05) is 39.8 Å². The molecule has 0 spiro atoms. The van der Waals surface area contributed by atoms with Gasteiger partial charge in [0.2, 0.25) is 11.6 Å². The first-order chi connectivity index (χ1) is 11.9. The lowest BCUT2D eigenvalue weighted by atomic mass is 10.0. The Morgan fingerprint density at radius 3 is 2.28 bits per heavy atom. The molecule has 0 bridgehead atoms. The zero-order valence-electron chi connectivity index (χ0n) is 15.1. The van der Waals surface area contributed by atoms with Crippen LogP contribution in [0, 0.1) is 16.0 Å². The van der Waals surface area contributed by atoms with Crippen molar-refractivity contribution in [2.45, 2.75) is 40.0 Å². The minimum Gasteiger partial charge on any atom is -0.364 e. The normalized spacial score (nSPS) is 11.0. The Hall–Kier alpha value is -2.70. The molecule has 25 heavy (non-hydrogen) atoms. The van der Waals surface area contributed by atoms with E-state index in [2.05, 4.69) is 48.3 Å². The molecule has 0 aliphatic rings. The summed E-state index contributed by atoms with van der Waals surface area (Å²) in [6, 6.07) is 7.80. The average Bonchev–Trinajstić information content (AvgIpc) is 2.55. The number of hydrogen-bond donors (Lipinski definition) is 2. The van der Waals surface area contributed by atoms with Gasteiger partial charge in [0, 0.05) is 12.2 Å². The number of nitrogens with zero attached hydrogens (tertiary/aromatic N) is 3. The number of rotatable bonds is 8. The zero-order valence-corrected chi connectivity index (χ0v) is 15.1. The van der Waals surface area contributed by atoms with E-state index in [1.165, 1.54) is 11.9 Å². The molecule has 1 aromatic carbocycles. The van der Waals surface area contributed by atoms with Gasteiger partial charge in [-0.05, 0) is 36.0 Å². The molecule has 0 saturated carbocycles. The third kappa shape index (κ3) is 5.14. The van der Waals surface area contributed by atoms with E-state index in [9.17, 15) is 10.1 Å². The van der Waals surface area contributed by atoms with Crippen molar-refractivity contribution < 1.29 is 4.92 Å². The fourth-order valence-electron chi connectivity index (χ4n) is 2.34. The molecule has 0 unspecified atom stereocenters. The first kappa shape index (κ1) is 18.6. The summed E-state index contributed by atoms with van der Waals surface area (Å²) in [6.07, 6.45) is 2.23. The molecule has 0 aliphatic carbocycles. The number of hydrogen-bond acceptors (Lipinski definition) is 6. The van der Waals surface area contributed by atoms with Crippen LogP contribution in [0.25, 0.3) is 0 Å². The maximum Gasteiger partial charge on any atom is 0.353 e. The molecule has 134 valence electrons. The number of nitro groups is 1. The van der Waals surface area contributed by atoms with Crippen LogP contribution < -0.4 is 10.6 Å². The van der Waals surface area contributed by atoms with Gasteiger partial charge in [-0.25, -0.2) is 9.97 Å². The molecular weight excluding hydrogens is 318 g/mol. The van der Waals surface area contributed by atoms with Gasteiger partial charge >= 0.3 is 5.69 Å². The molecule has 0 atom stereocenters. The van der Waals surface area contributed by atoms with Gasteiger partial charge in [0.05, 0.1) is 4.92 Å². The maximum atomic E-state index is 11.5. The van der Waals surface area contributed by atoms with Crippen molar-refractivity contribution in [3.8, 4) is 0 Å². The Balaban J connectivity index is 2.23. The van der Waals surface area contributed by atoms with E-state index in [-0.39, 0.29) is 17.3 Å². The molecule has 1 heterocycles. The van der Waals surface area contributed by atoms with E-state index in [0.717, 1.165) is 12.1 Å². The average molecular weight is 343 g/mol. The summed E-state index contributed by atoms with van der Waals surface area (Å²) in [5, 5.41) is 17.6. The summed E-state index contributed by atoms with van der Waals surface area (Å²) >= 11 is 0. The highest BCUT2D eigenvalue weighted by Crippen LogP contribution is 2.31. The monoisotopic (exact) mass is 343 g/mol. The van der Waals surface area contributed by atoms with Crippen LogP contribution >= 0.6 is 0 Å². The molecule has 0 saturated heterocycles. The molecule has 1 aromatic heterocycles. The second kappa shape index (κ2) is 8.41. The number of aromatic nitrogens is 2. The van der Waals surface area contributed by atoms with Crippen LogP contribution in [0.1, 0.15) is 45.6 Å².